The van der Waals surface area contributed by atoms with Crippen LogP contribution in [-0.2, 0) is 13.0 Å². The second kappa shape index (κ2) is 5.96. The summed E-state index contributed by atoms with van der Waals surface area (Å²) in [6.45, 7) is 1.38. The number of amides is 1. The highest BCUT2D eigenvalue weighted by Crippen LogP contribution is 2.25. The molecule has 0 radical (unpaired) electrons. The summed E-state index contributed by atoms with van der Waals surface area (Å²) in [6.07, 6.45) is 0.881. The van der Waals surface area contributed by atoms with E-state index in [1.165, 1.54) is 5.56 Å². The Morgan fingerprint density at radius 3 is 2.81 bits per heavy atom. The van der Waals surface area contributed by atoms with Crippen LogP contribution in [-0.4, -0.2) is 17.4 Å². The summed E-state index contributed by atoms with van der Waals surface area (Å²) in [5.41, 5.74) is 9.79. The molecule has 0 aliphatic carbocycles. The van der Waals surface area contributed by atoms with Crippen LogP contribution < -0.4 is 5.73 Å². The number of hydrogen-bond donors (Lipinski definition) is 1. The molecule has 1 aliphatic heterocycles. The Morgan fingerprint density at radius 2 is 2.00 bits per heavy atom. The summed E-state index contributed by atoms with van der Waals surface area (Å²) in [4.78, 5) is 14.6. The lowest BCUT2D eigenvalue weighted by Gasteiger charge is -2.29. The zero-order chi connectivity index (χ0) is 15.0. The average Bonchev–Trinajstić information content (AvgIpc) is 2.48. The largest absolute Gasteiger partial charge is 0.399 e. The van der Waals surface area contributed by atoms with Gasteiger partial charge in [0.15, 0.2) is 0 Å². The fraction of sp³-hybridized carbons (Fsp3) is 0.188. The molecule has 1 amide bonds. The molecule has 3 nitrogen and oxygen atoms in total. The van der Waals surface area contributed by atoms with Crippen LogP contribution in [0.5, 0.6) is 0 Å². The maximum atomic E-state index is 12.7. The minimum atomic E-state index is 0.0776. The number of nitrogens with two attached hydrogens (primary N) is 1. The average molecular weight is 457 g/mol. The lowest BCUT2D eigenvalue weighted by molar-refractivity contribution is 0.0733. The molecule has 108 valence electrons. The number of nitrogens with zero attached hydrogens (tertiary/aromatic N) is 1. The molecule has 2 aromatic rings. The van der Waals surface area contributed by atoms with E-state index in [4.69, 9.17) is 5.73 Å². The molecule has 5 heteroatoms. The van der Waals surface area contributed by atoms with Gasteiger partial charge in [-0.2, -0.15) is 0 Å². The van der Waals surface area contributed by atoms with Crippen molar-refractivity contribution in [2.45, 2.75) is 13.0 Å². The van der Waals surface area contributed by atoms with Crippen LogP contribution >= 0.6 is 38.5 Å². The van der Waals surface area contributed by atoms with Gasteiger partial charge in [0, 0.05) is 26.8 Å². The molecule has 0 unspecified atom stereocenters. The molecule has 0 saturated heterocycles. The van der Waals surface area contributed by atoms with Gasteiger partial charge < -0.3 is 10.6 Å². The summed E-state index contributed by atoms with van der Waals surface area (Å²) < 4.78 is 1.90. The molecule has 1 aliphatic rings. The smallest absolute Gasteiger partial charge is 0.255 e. The normalized spacial score (nSPS) is 13.9. The Hall–Kier alpha value is -1.08. The number of hydrogen-bond acceptors (Lipinski definition) is 2. The van der Waals surface area contributed by atoms with Crippen molar-refractivity contribution in [3.63, 3.8) is 0 Å². The Labute approximate surface area is 145 Å². The Bertz CT molecular complexity index is 717. The van der Waals surface area contributed by atoms with Crippen molar-refractivity contribution in [2.24, 2.45) is 0 Å². The van der Waals surface area contributed by atoms with E-state index in [1.54, 1.807) is 0 Å². The summed E-state index contributed by atoms with van der Waals surface area (Å²) in [7, 11) is 0. The van der Waals surface area contributed by atoms with Crippen LogP contribution in [0.2, 0.25) is 0 Å². The van der Waals surface area contributed by atoms with Crippen molar-refractivity contribution < 1.29 is 4.79 Å². The number of halogens is 2. The molecule has 0 bridgehead atoms. The minimum Gasteiger partial charge on any atom is -0.399 e. The SMILES string of the molecule is Nc1ccc2c(c1)CN(C(=O)c1cc(Br)ccc1I)CC2. The highest BCUT2D eigenvalue weighted by molar-refractivity contribution is 14.1. The number of nitrogen functional groups attached to an aromatic ring is 1. The first-order chi connectivity index (χ1) is 10.0. The Morgan fingerprint density at radius 1 is 1.19 bits per heavy atom. The number of carbonyl (C=O) groups is 1. The third-order valence-electron chi connectivity index (χ3n) is 3.69. The number of anilines is 1. The van der Waals surface area contributed by atoms with Gasteiger partial charge in [-0.05, 0) is 70.5 Å². The fourth-order valence-corrected chi connectivity index (χ4v) is 3.51. The van der Waals surface area contributed by atoms with Crippen LogP contribution in [0.15, 0.2) is 40.9 Å². The van der Waals surface area contributed by atoms with E-state index >= 15 is 0 Å². The van der Waals surface area contributed by atoms with E-state index in [-0.39, 0.29) is 5.91 Å². The zero-order valence-electron chi connectivity index (χ0n) is 11.3. The van der Waals surface area contributed by atoms with Crippen molar-refractivity contribution in [2.75, 3.05) is 12.3 Å². The Balaban J connectivity index is 1.88. The first-order valence-electron chi connectivity index (χ1n) is 6.66. The first kappa shape index (κ1) is 14.8. The predicted octanol–water partition coefficient (Wildman–Crippen LogP) is 3.83. The highest BCUT2D eigenvalue weighted by atomic mass is 127. The van der Waals surface area contributed by atoms with E-state index in [9.17, 15) is 4.79 Å². The van der Waals surface area contributed by atoms with Gasteiger partial charge in [0.25, 0.3) is 5.91 Å². The zero-order valence-corrected chi connectivity index (χ0v) is 15.0. The van der Waals surface area contributed by atoms with E-state index in [2.05, 4.69) is 44.6 Å². The van der Waals surface area contributed by atoms with Crippen molar-refractivity contribution in [3.8, 4) is 0 Å². The van der Waals surface area contributed by atoms with E-state index in [0.29, 0.717) is 6.54 Å². The van der Waals surface area contributed by atoms with E-state index in [1.807, 2.05) is 35.2 Å². The van der Waals surface area contributed by atoms with Crippen molar-refractivity contribution in [1.29, 1.82) is 0 Å². The third kappa shape index (κ3) is 3.08. The second-order valence-corrected chi connectivity index (χ2v) is 7.21. The summed E-state index contributed by atoms with van der Waals surface area (Å²) in [6, 6.07) is 11.8. The molecule has 1 heterocycles. The fourth-order valence-electron chi connectivity index (χ4n) is 2.58. The van der Waals surface area contributed by atoms with E-state index < -0.39 is 0 Å². The van der Waals surface area contributed by atoms with Gasteiger partial charge in [0.2, 0.25) is 0 Å². The molecular weight excluding hydrogens is 443 g/mol. The summed E-state index contributed by atoms with van der Waals surface area (Å²) >= 11 is 5.64. The molecule has 0 aromatic heterocycles. The molecule has 2 aromatic carbocycles. The van der Waals surface area contributed by atoms with Gasteiger partial charge in [-0.25, -0.2) is 0 Å². The van der Waals surface area contributed by atoms with Gasteiger partial charge in [-0.3, -0.25) is 4.79 Å². The van der Waals surface area contributed by atoms with Crippen molar-refractivity contribution in [3.05, 3.63) is 61.1 Å². The molecule has 2 N–H and O–H groups in total. The number of benzene rings is 2. The van der Waals surface area contributed by atoms with Gasteiger partial charge in [-0.15, -0.1) is 0 Å². The van der Waals surface area contributed by atoms with Crippen LogP contribution in [0.3, 0.4) is 0 Å². The topological polar surface area (TPSA) is 46.3 Å². The van der Waals surface area contributed by atoms with Crippen molar-refractivity contribution in [1.82, 2.24) is 4.90 Å². The molecule has 0 saturated carbocycles. The van der Waals surface area contributed by atoms with Gasteiger partial charge in [-0.1, -0.05) is 22.0 Å². The molecule has 3 rings (SSSR count). The van der Waals surface area contributed by atoms with Gasteiger partial charge in [0.05, 0.1) is 5.56 Å². The van der Waals surface area contributed by atoms with Crippen LogP contribution in [0, 0.1) is 3.57 Å². The molecule has 0 spiro atoms. The predicted molar refractivity (Wildman–Crippen MR) is 96.2 cm³/mol. The molecule has 21 heavy (non-hydrogen) atoms. The Kier molecular flexibility index (Phi) is 4.21. The number of rotatable bonds is 1. The third-order valence-corrected chi connectivity index (χ3v) is 5.12. The molecular formula is C16H14BrIN2O. The van der Waals surface area contributed by atoms with Crippen LogP contribution in [0.25, 0.3) is 0 Å². The maximum Gasteiger partial charge on any atom is 0.255 e. The summed E-state index contributed by atoms with van der Waals surface area (Å²) in [5.74, 6) is 0.0776. The summed E-state index contributed by atoms with van der Waals surface area (Å²) in [5, 5.41) is 0. The standard InChI is InChI=1S/C16H14BrIN2O/c17-12-2-4-15(18)14(8-12)16(21)20-6-5-10-1-3-13(19)7-11(10)9-20/h1-4,7-8H,5-6,9,19H2. The van der Waals surface area contributed by atoms with Crippen molar-refractivity contribution >= 4 is 50.1 Å². The lowest BCUT2D eigenvalue weighted by atomic mass is 9.98. The van der Waals surface area contributed by atoms with Gasteiger partial charge in [0.1, 0.15) is 0 Å². The van der Waals surface area contributed by atoms with Crippen LogP contribution in [0.1, 0.15) is 21.5 Å². The number of carbonyl (C=O) groups excluding carboxylic acids is 1. The van der Waals surface area contributed by atoms with E-state index in [0.717, 1.165) is 37.8 Å². The quantitative estimate of drug-likeness (QED) is 0.523. The highest BCUT2D eigenvalue weighted by Gasteiger charge is 2.23. The van der Waals surface area contributed by atoms with Gasteiger partial charge >= 0.3 is 0 Å². The molecule has 0 fully saturated rings. The molecule has 0 atom stereocenters. The maximum absolute atomic E-state index is 12.7. The first-order valence-corrected chi connectivity index (χ1v) is 8.53. The second-order valence-electron chi connectivity index (χ2n) is 5.13. The lowest BCUT2D eigenvalue weighted by Crippen LogP contribution is -2.36. The number of fused-ring (bicyclic) bond motifs is 1. The van der Waals surface area contributed by atoms with Crippen LogP contribution in [0.4, 0.5) is 5.69 Å². The monoisotopic (exact) mass is 456 g/mol. The minimum absolute atomic E-state index is 0.0776.